The number of halogens is 1. The summed E-state index contributed by atoms with van der Waals surface area (Å²) in [5.41, 5.74) is 0. The Balaban J connectivity index is 1.47. The summed E-state index contributed by atoms with van der Waals surface area (Å²) in [7, 11) is -3.79. The molecule has 0 atom stereocenters. The maximum absolute atomic E-state index is 13.5. The number of piperazine rings is 1. The predicted octanol–water partition coefficient (Wildman–Crippen LogP) is 1.46. The lowest BCUT2D eigenvalue weighted by molar-refractivity contribution is -0.133. The van der Waals surface area contributed by atoms with Gasteiger partial charge in [0.25, 0.3) is 0 Å². The van der Waals surface area contributed by atoms with Crippen molar-refractivity contribution in [2.24, 2.45) is 5.92 Å². The van der Waals surface area contributed by atoms with E-state index in [2.05, 4.69) is 0 Å². The van der Waals surface area contributed by atoms with Crippen molar-refractivity contribution in [1.82, 2.24) is 19.0 Å². The Morgan fingerprint density at radius 1 is 1.00 bits per heavy atom. The number of rotatable bonds is 6. The van der Waals surface area contributed by atoms with Crippen molar-refractivity contribution < 1.29 is 27.1 Å². The lowest BCUT2D eigenvalue weighted by Crippen LogP contribution is -2.52. The average molecular weight is 485 g/mol. The van der Waals surface area contributed by atoms with Gasteiger partial charge in [0, 0.05) is 52.4 Å². The van der Waals surface area contributed by atoms with Crippen LogP contribution in [0.15, 0.2) is 29.2 Å². The zero-order chi connectivity index (χ0) is 24.0. The van der Waals surface area contributed by atoms with Crippen LogP contribution in [-0.4, -0.2) is 105 Å². The summed E-state index contributed by atoms with van der Waals surface area (Å²) >= 11 is 0. The Hall–Kier alpha value is -2.24. The number of hydrogen-bond acceptors (Lipinski definition) is 6. The van der Waals surface area contributed by atoms with Crippen LogP contribution >= 0.6 is 0 Å². The number of nitrogens with zero attached hydrogens (tertiary/aromatic N) is 4. The molecule has 1 aromatic rings. The maximum atomic E-state index is 13.5. The molecule has 2 amide bonds. The Morgan fingerprint density at radius 3 is 2.36 bits per heavy atom. The number of amides is 2. The van der Waals surface area contributed by atoms with Crippen LogP contribution in [0.1, 0.15) is 20.3 Å². The smallest absolute Gasteiger partial charge is 0.409 e. The average Bonchev–Trinajstić information content (AvgIpc) is 3.03. The normalized spacial score (nSPS) is 18.9. The molecule has 0 aromatic heterocycles. The van der Waals surface area contributed by atoms with Crippen LogP contribution in [0.4, 0.5) is 9.18 Å². The molecule has 0 radical (unpaired) electrons. The quantitative estimate of drug-likeness (QED) is 0.607. The molecule has 1 aromatic carbocycles. The molecule has 33 heavy (non-hydrogen) atoms. The molecule has 2 fully saturated rings. The van der Waals surface area contributed by atoms with E-state index in [1.54, 1.807) is 9.80 Å². The molecular weight excluding hydrogens is 451 g/mol. The summed E-state index contributed by atoms with van der Waals surface area (Å²) < 4.78 is 45.5. The van der Waals surface area contributed by atoms with E-state index in [4.69, 9.17) is 4.74 Å². The number of hydrogen-bond donors (Lipinski definition) is 0. The summed E-state index contributed by atoms with van der Waals surface area (Å²) in [6, 6.07) is 4.95. The van der Waals surface area contributed by atoms with Crippen molar-refractivity contribution in [2.75, 3.05) is 65.5 Å². The topological polar surface area (TPSA) is 90.5 Å². The summed E-state index contributed by atoms with van der Waals surface area (Å²) in [5, 5.41) is 0. The number of benzene rings is 1. The molecule has 2 saturated heterocycles. The van der Waals surface area contributed by atoms with Crippen LogP contribution in [-0.2, 0) is 19.6 Å². The molecule has 2 aliphatic heterocycles. The Kier molecular flexibility index (Phi) is 8.66. The van der Waals surface area contributed by atoms with E-state index in [1.807, 2.05) is 18.7 Å². The molecule has 184 valence electrons. The second-order valence-corrected chi connectivity index (χ2v) is 10.8. The Morgan fingerprint density at radius 2 is 1.70 bits per heavy atom. The summed E-state index contributed by atoms with van der Waals surface area (Å²) in [6.45, 7) is 7.87. The molecule has 0 aliphatic carbocycles. The molecule has 11 heteroatoms. The molecule has 0 saturated carbocycles. The van der Waals surface area contributed by atoms with E-state index >= 15 is 0 Å². The van der Waals surface area contributed by atoms with Crippen LogP contribution in [0.5, 0.6) is 0 Å². The standard InChI is InChI=1S/C22H33FN4O5S/c1-18(2)17-32-22(29)26-8-4-7-24(9-10-26)16-21(28)25-11-13-27(14-12-25)33(30,31)20-6-3-5-19(23)15-20/h3,5-6,15,18H,4,7-14,16-17H2,1-2H3. The monoisotopic (exact) mass is 484 g/mol. The molecule has 0 N–H and O–H groups in total. The highest BCUT2D eigenvalue weighted by Crippen LogP contribution is 2.18. The fourth-order valence-corrected chi connectivity index (χ4v) is 5.34. The third kappa shape index (κ3) is 6.87. The van der Waals surface area contributed by atoms with Gasteiger partial charge in [-0.2, -0.15) is 4.31 Å². The zero-order valence-electron chi connectivity index (χ0n) is 19.3. The molecule has 3 rings (SSSR count). The van der Waals surface area contributed by atoms with Crippen LogP contribution in [0, 0.1) is 11.7 Å². The van der Waals surface area contributed by atoms with Gasteiger partial charge >= 0.3 is 6.09 Å². The summed E-state index contributed by atoms with van der Waals surface area (Å²) in [5.74, 6) is -0.387. The molecule has 0 spiro atoms. The van der Waals surface area contributed by atoms with Crippen LogP contribution < -0.4 is 0 Å². The Bertz CT molecular complexity index is 934. The Labute approximate surface area is 195 Å². The fourth-order valence-electron chi connectivity index (χ4n) is 3.89. The second-order valence-electron chi connectivity index (χ2n) is 8.83. The molecule has 0 bridgehead atoms. The van der Waals surface area contributed by atoms with E-state index in [-0.39, 0.29) is 55.5 Å². The lowest BCUT2D eigenvalue weighted by Gasteiger charge is -2.35. The third-order valence-corrected chi connectivity index (χ3v) is 7.67. The minimum atomic E-state index is -3.79. The van der Waals surface area contributed by atoms with Crippen molar-refractivity contribution in [2.45, 2.75) is 25.2 Å². The molecule has 9 nitrogen and oxygen atoms in total. The van der Waals surface area contributed by atoms with Gasteiger partial charge in [-0.15, -0.1) is 0 Å². The first kappa shape index (κ1) is 25.4. The van der Waals surface area contributed by atoms with Gasteiger partial charge in [0.05, 0.1) is 18.0 Å². The van der Waals surface area contributed by atoms with Crippen molar-refractivity contribution in [1.29, 1.82) is 0 Å². The van der Waals surface area contributed by atoms with E-state index in [0.717, 1.165) is 12.5 Å². The number of ether oxygens (including phenoxy) is 1. The van der Waals surface area contributed by atoms with Gasteiger partial charge < -0.3 is 14.5 Å². The van der Waals surface area contributed by atoms with E-state index in [9.17, 15) is 22.4 Å². The number of sulfonamides is 1. The van der Waals surface area contributed by atoms with E-state index in [1.165, 1.54) is 22.5 Å². The van der Waals surface area contributed by atoms with Gasteiger partial charge in [0.1, 0.15) is 5.82 Å². The minimum Gasteiger partial charge on any atom is -0.449 e. The molecule has 2 heterocycles. The minimum absolute atomic E-state index is 0.0614. The van der Waals surface area contributed by atoms with Gasteiger partial charge in [-0.25, -0.2) is 17.6 Å². The first-order chi connectivity index (χ1) is 15.7. The van der Waals surface area contributed by atoms with Crippen molar-refractivity contribution in [3.8, 4) is 0 Å². The number of carbonyl (C=O) groups excluding carboxylic acids is 2. The molecule has 0 unspecified atom stereocenters. The van der Waals surface area contributed by atoms with Crippen LogP contribution in [0.2, 0.25) is 0 Å². The number of carbonyl (C=O) groups is 2. The zero-order valence-corrected chi connectivity index (χ0v) is 20.1. The van der Waals surface area contributed by atoms with Gasteiger partial charge in [0.2, 0.25) is 15.9 Å². The highest BCUT2D eigenvalue weighted by Gasteiger charge is 2.31. The lowest BCUT2D eigenvalue weighted by atomic mass is 10.2. The predicted molar refractivity (Wildman–Crippen MR) is 121 cm³/mol. The van der Waals surface area contributed by atoms with Crippen LogP contribution in [0.25, 0.3) is 0 Å². The van der Waals surface area contributed by atoms with Crippen molar-refractivity contribution >= 4 is 22.0 Å². The largest absolute Gasteiger partial charge is 0.449 e. The maximum Gasteiger partial charge on any atom is 0.409 e. The first-order valence-electron chi connectivity index (χ1n) is 11.3. The third-order valence-electron chi connectivity index (χ3n) is 5.77. The van der Waals surface area contributed by atoms with Crippen molar-refractivity contribution in [3.63, 3.8) is 0 Å². The van der Waals surface area contributed by atoms with Gasteiger partial charge in [-0.05, 0) is 30.5 Å². The van der Waals surface area contributed by atoms with Crippen molar-refractivity contribution in [3.05, 3.63) is 30.1 Å². The van der Waals surface area contributed by atoms with Gasteiger partial charge in [0.15, 0.2) is 0 Å². The first-order valence-corrected chi connectivity index (χ1v) is 12.8. The highest BCUT2D eigenvalue weighted by molar-refractivity contribution is 7.89. The molecular formula is C22H33FN4O5S. The van der Waals surface area contributed by atoms with E-state index < -0.39 is 15.8 Å². The molecule has 2 aliphatic rings. The summed E-state index contributed by atoms with van der Waals surface area (Å²) in [6.07, 6.45) is 0.441. The second kappa shape index (κ2) is 11.3. The van der Waals surface area contributed by atoms with Crippen LogP contribution in [0.3, 0.4) is 0 Å². The van der Waals surface area contributed by atoms with Gasteiger partial charge in [-0.1, -0.05) is 19.9 Å². The SMILES string of the molecule is CC(C)COC(=O)N1CCCN(CC(=O)N2CCN(S(=O)(=O)c3cccc(F)c3)CC2)CC1. The fraction of sp³-hybridized carbons (Fsp3) is 0.636. The highest BCUT2D eigenvalue weighted by atomic mass is 32.2. The van der Waals surface area contributed by atoms with Gasteiger partial charge in [-0.3, -0.25) is 9.69 Å². The van der Waals surface area contributed by atoms with E-state index in [0.29, 0.717) is 32.8 Å². The summed E-state index contributed by atoms with van der Waals surface area (Å²) in [4.78, 5) is 30.3.